The molecular weight excluding hydrogens is 308 g/mol. The highest BCUT2D eigenvalue weighted by atomic mass is 16.5. The maximum atomic E-state index is 13.0. The molecule has 0 unspecified atom stereocenters. The number of amides is 2. The molecular formula is C17H28N4O3. The van der Waals surface area contributed by atoms with Crippen LogP contribution in [0.5, 0.6) is 0 Å². The summed E-state index contributed by atoms with van der Waals surface area (Å²) in [6.45, 7) is 5.30. The number of aryl methyl sites for hydroxylation is 1. The summed E-state index contributed by atoms with van der Waals surface area (Å²) in [6.07, 6.45) is 7.37. The summed E-state index contributed by atoms with van der Waals surface area (Å²) in [6, 6.07) is -0.410. The molecule has 0 saturated carbocycles. The number of carbonyl (C=O) groups excluding carboxylic acids is 2. The van der Waals surface area contributed by atoms with Crippen LogP contribution in [0.15, 0.2) is 12.4 Å². The number of nitrogens with one attached hydrogen (secondary N) is 1. The summed E-state index contributed by atoms with van der Waals surface area (Å²) in [7, 11) is 1.60. The van der Waals surface area contributed by atoms with Crippen LogP contribution in [0.3, 0.4) is 0 Å². The minimum absolute atomic E-state index is 0.0178. The van der Waals surface area contributed by atoms with Gasteiger partial charge in [0.1, 0.15) is 6.04 Å². The third kappa shape index (κ3) is 5.06. The third-order valence-corrected chi connectivity index (χ3v) is 4.36. The largest absolute Gasteiger partial charge is 0.385 e. The van der Waals surface area contributed by atoms with Gasteiger partial charge in [0.15, 0.2) is 0 Å². The number of carbonyl (C=O) groups is 2. The quantitative estimate of drug-likeness (QED) is 0.809. The van der Waals surface area contributed by atoms with Crippen LogP contribution in [-0.4, -0.2) is 58.8 Å². The van der Waals surface area contributed by atoms with Gasteiger partial charge in [-0.3, -0.25) is 14.3 Å². The smallest absolute Gasteiger partial charge is 0.245 e. The van der Waals surface area contributed by atoms with Crippen LogP contribution >= 0.6 is 0 Å². The Kier molecular flexibility index (Phi) is 6.78. The van der Waals surface area contributed by atoms with Crippen LogP contribution < -0.4 is 5.32 Å². The summed E-state index contributed by atoms with van der Waals surface area (Å²) in [5.41, 5.74) is 1.11. The van der Waals surface area contributed by atoms with Crippen LogP contribution in [0, 0.1) is 6.92 Å². The van der Waals surface area contributed by atoms with Crippen molar-refractivity contribution in [3.63, 3.8) is 0 Å². The summed E-state index contributed by atoms with van der Waals surface area (Å²) in [4.78, 5) is 26.3. The van der Waals surface area contributed by atoms with Crippen LogP contribution in [0.1, 0.15) is 38.2 Å². The molecule has 1 aromatic rings. The first-order valence-corrected chi connectivity index (χ1v) is 8.57. The van der Waals surface area contributed by atoms with Crippen LogP contribution in [0.25, 0.3) is 0 Å². The highest BCUT2D eigenvalue weighted by molar-refractivity contribution is 5.87. The lowest BCUT2D eigenvalue weighted by Gasteiger charge is -2.38. The van der Waals surface area contributed by atoms with E-state index >= 15 is 0 Å². The van der Waals surface area contributed by atoms with Gasteiger partial charge in [-0.15, -0.1) is 0 Å². The van der Waals surface area contributed by atoms with Gasteiger partial charge < -0.3 is 15.0 Å². The molecule has 1 N–H and O–H groups in total. The molecule has 0 radical (unpaired) electrons. The molecule has 7 heteroatoms. The van der Waals surface area contributed by atoms with Crippen molar-refractivity contribution < 1.29 is 14.3 Å². The predicted octanol–water partition coefficient (Wildman–Crippen LogP) is 1.11. The molecule has 134 valence electrons. The average Bonchev–Trinajstić information content (AvgIpc) is 2.96. The zero-order chi connectivity index (χ0) is 17.5. The molecule has 1 aromatic heterocycles. The Morgan fingerprint density at radius 2 is 2.25 bits per heavy atom. The second-order valence-electron chi connectivity index (χ2n) is 6.46. The van der Waals surface area contributed by atoms with Crippen molar-refractivity contribution in [3.8, 4) is 0 Å². The third-order valence-electron chi connectivity index (χ3n) is 4.36. The maximum Gasteiger partial charge on any atom is 0.245 e. The first-order chi connectivity index (χ1) is 11.5. The normalized spacial score (nSPS) is 19.1. The number of hydrogen-bond acceptors (Lipinski definition) is 4. The average molecular weight is 336 g/mol. The number of aromatic nitrogens is 2. The van der Waals surface area contributed by atoms with E-state index in [1.165, 1.54) is 6.92 Å². The fourth-order valence-corrected chi connectivity index (χ4v) is 3.20. The molecule has 0 aliphatic carbocycles. The van der Waals surface area contributed by atoms with Gasteiger partial charge >= 0.3 is 0 Å². The van der Waals surface area contributed by atoms with Gasteiger partial charge in [-0.1, -0.05) is 0 Å². The first kappa shape index (κ1) is 18.4. The SMILES string of the molecule is COCC[C@@H](NC(C)=O)C(=O)N1CCCC[C@H]1Cn1cc(C)cn1. The number of methoxy groups -OCH3 is 1. The van der Waals surface area contributed by atoms with Gasteiger partial charge in [0.05, 0.1) is 18.8 Å². The van der Waals surface area contributed by atoms with E-state index in [-0.39, 0.29) is 17.9 Å². The number of hydrogen-bond donors (Lipinski definition) is 1. The lowest BCUT2D eigenvalue weighted by molar-refractivity contribution is -0.140. The van der Waals surface area contributed by atoms with Gasteiger partial charge in [-0.2, -0.15) is 5.10 Å². The van der Waals surface area contributed by atoms with Crippen molar-refractivity contribution >= 4 is 11.8 Å². The summed E-state index contributed by atoms with van der Waals surface area (Å²) in [5, 5.41) is 7.10. The second kappa shape index (κ2) is 8.82. The standard InChI is InChI=1S/C17H28N4O3/c1-13-10-18-20(11-13)12-15-6-4-5-8-21(15)17(23)16(7-9-24-3)19-14(2)22/h10-11,15-16H,4-9,12H2,1-3H3,(H,19,22)/t15-,16+/m0/s1. The number of ether oxygens (including phenoxy) is 1. The van der Waals surface area contributed by atoms with Gasteiger partial charge in [-0.05, 0) is 38.2 Å². The number of rotatable bonds is 7. The molecule has 24 heavy (non-hydrogen) atoms. The van der Waals surface area contributed by atoms with Gasteiger partial charge in [0, 0.05) is 33.4 Å². The van der Waals surface area contributed by atoms with Crippen LogP contribution in [0.2, 0.25) is 0 Å². The number of likely N-dealkylation sites (tertiary alicyclic amines) is 1. The van der Waals surface area contributed by atoms with Crippen molar-refractivity contribution in [2.24, 2.45) is 0 Å². The zero-order valence-electron chi connectivity index (χ0n) is 14.8. The molecule has 0 aromatic carbocycles. The molecule has 0 bridgehead atoms. The van der Waals surface area contributed by atoms with Crippen molar-refractivity contribution in [1.82, 2.24) is 20.0 Å². The van der Waals surface area contributed by atoms with Crippen LogP contribution in [0.4, 0.5) is 0 Å². The predicted molar refractivity (Wildman–Crippen MR) is 90.4 cm³/mol. The molecule has 2 amide bonds. The molecule has 2 rings (SSSR count). The van der Waals surface area contributed by atoms with Crippen molar-refractivity contribution in [3.05, 3.63) is 18.0 Å². The Balaban J connectivity index is 2.08. The minimum atomic E-state index is -0.526. The molecule has 1 aliphatic heterocycles. The van der Waals surface area contributed by atoms with E-state index in [9.17, 15) is 9.59 Å². The van der Waals surface area contributed by atoms with E-state index < -0.39 is 6.04 Å². The van der Waals surface area contributed by atoms with Gasteiger partial charge in [0.25, 0.3) is 0 Å². The highest BCUT2D eigenvalue weighted by Crippen LogP contribution is 2.20. The Bertz CT molecular complexity index is 558. The summed E-state index contributed by atoms with van der Waals surface area (Å²) >= 11 is 0. The van der Waals surface area contributed by atoms with Crippen molar-refractivity contribution in [1.29, 1.82) is 0 Å². The molecule has 0 spiro atoms. The number of piperidine rings is 1. The van der Waals surface area contributed by atoms with Gasteiger partial charge in [-0.25, -0.2) is 0 Å². The van der Waals surface area contributed by atoms with Crippen molar-refractivity contribution in [2.75, 3.05) is 20.3 Å². The van der Waals surface area contributed by atoms with E-state index in [4.69, 9.17) is 4.74 Å². The highest BCUT2D eigenvalue weighted by Gasteiger charge is 2.32. The fourth-order valence-electron chi connectivity index (χ4n) is 3.20. The molecule has 1 fully saturated rings. The Labute approximate surface area is 143 Å². The molecule has 2 heterocycles. The Morgan fingerprint density at radius 3 is 2.88 bits per heavy atom. The lowest BCUT2D eigenvalue weighted by Crippen LogP contribution is -2.54. The van der Waals surface area contributed by atoms with E-state index in [1.807, 2.05) is 28.9 Å². The lowest BCUT2D eigenvalue weighted by atomic mass is 10.00. The van der Waals surface area contributed by atoms with E-state index in [0.717, 1.165) is 31.4 Å². The van der Waals surface area contributed by atoms with E-state index in [2.05, 4.69) is 10.4 Å². The number of nitrogens with zero attached hydrogens (tertiary/aromatic N) is 3. The van der Waals surface area contributed by atoms with Gasteiger partial charge in [0.2, 0.25) is 11.8 Å². The summed E-state index contributed by atoms with van der Waals surface area (Å²) < 4.78 is 6.98. The molecule has 2 atom stereocenters. The Morgan fingerprint density at radius 1 is 1.46 bits per heavy atom. The topological polar surface area (TPSA) is 76.5 Å². The van der Waals surface area contributed by atoms with E-state index in [1.54, 1.807) is 7.11 Å². The molecule has 1 saturated heterocycles. The molecule has 7 nitrogen and oxygen atoms in total. The zero-order valence-corrected chi connectivity index (χ0v) is 14.8. The summed E-state index contributed by atoms with van der Waals surface area (Å²) in [5.74, 6) is -0.212. The first-order valence-electron chi connectivity index (χ1n) is 8.57. The minimum Gasteiger partial charge on any atom is -0.385 e. The Hall–Kier alpha value is -1.89. The van der Waals surface area contributed by atoms with E-state index in [0.29, 0.717) is 19.6 Å². The fraction of sp³-hybridized carbons (Fsp3) is 0.706. The maximum absolute atomic E-state index is 13.0. The van der Waals surface area contributed by atoms with Crippen LogP contribution in [-0.2, 0) is 20.9 Å². The molecule has 1 aliphatic rings. The van der Waals surface area contributed by atoms with Crippen molar-refractivity contribution in [2.45, 2.75) is 58.2 Å². The monoisotopic (exact) mass is 336 g/mol. The second-order valence-corrected chi connectivity index (χ2v) is 6.46.